The molecule has 0 unspecified atom stereocenters. The molecule has 3 rings (SSSR count). The Morgan fingerprint density at radius 3 is 2.59 bits per heavy atom. The summed E-state index contributed by atoms with van der Waals surface area (Å²) in [4.78, 5) is 39.4. The van der Waals surface area contributed by atoms with Crippen LogP contribution < -0.4 is 10.2 Å². The molecule has 1 saturated carbocycles. The maximum Gasteiger partial charge on any atom is 0.340 e. The number of rotatable bonds is 7. The molecule has 2 heterocycles. The molecule has 0 bridgehead atoms. The number of amides is 1. The standard InChI is InChI=1S/C18H21N3O6/c1-4-27-17-10(8-13(22)25-2)14(18(24)26-3)12(19-17)7-11-15(9-5-6-9)20-21-16(11)23/h7,9,19H,4-6,8H2,1-3H3,(H,21,23). The summed E-state index contributed by atoms with van der Waals surface area (Å²) in [6.07, 6.45) is 3.32. The van der Waals surface area contributed by atoms with Crippen LogP contribution in [0.1, 0.15) is 41.4 Å². The van der Waals surface area contributed by atoms with E-state index >= 15 is 0 Å². The van der Waals surface area contributed by atoms with Crippen LogP contribution in [0.4, 0.5) is 0 Å². The Morgan fingerprint density at radius 2 is 2.00 bits per heavy atom. The molecule has 0 atom stereocenters. The van der Waals surface area contributed by atoms with E-state index in [2.05, 4.69) is 15.5 Å². The van der Waals surface area contributed by atoms with Gasteiger partial charge < -0.3 is 19.2 Å². The molecule has 0 aromatic carbocycles. The average Bonchev–Trinajstić information content (AvgIpc) is 3.37. The monoisotopic (exact) mass is 375 g/mol. The number of esters is 2. The zero-order valence-electron chi connectivity index (χ0n) is 15.4. The van der Waals surface area contributed by atoms with E-state index in [-0.39, 0.29) is 29.7 Å². The zero-order valence-corrected chi connectivity index (χ0v) is 15.4. The molecule has 2 aliphatic rings. The van der Waals surface area contributed by atoms with Crippen LogP contribution in [0.3, 0.4) is 0 Å². The second-order valence-electron chi connectivity index (χ2n) is 6.17. The largest absolute Gasteiger partial charge is 0.479 e. The smallest absolute Gasteiger partial charge is 0.340 e. The lowest BCUT2D eigenvalue weighted by Crippen LogP contribution is -2.14. The van der Waals surface area contributed by atoms with E-state index < -0.39 is 11.9 Å². The molecule has 1 amide bonds. The van der Waals surface area contributed by atoms with Crippen LogP contribution in [-0.4, -0.2) is 49.4 Å². The van der Waals surface area contributed by atoms with Crippen molar-refractivity contribution in [1.82, 2.24) is 10.4 Å². The summed E-state index contributed by atoms with van der Waals surface area (Å²) < 4.78 is 15.1. The minimum absolute atomic E-state index is 0.133. The molecule has 27 heavy (non-hydrogen) atoms. The maximum absolute atomic E-state index is 12.4. The molecule has 144 valence electrons. The minimum atomic E-state index is -0.647. The lowest BCUT2D eigenvalue weighted by Gasteiger charge is -2.06. The number of carbonyl (C=O) groups is 3. The van der Waals surface area contributed by atoms with Crippen LogP contribution >= 0.6 is 0 Å². The second-order valence-corrected chi connectivity index (χ2v) is 6.17. The SMILES string of the molecule is CCOc1[nH]c(C=C2C(=O)NN=C2C2CC2)c(C(=O)OC)c1CC(=O)OC. The molecule has 9 heteroatoms. The molecule has 0 spiro atoms. The molecule has 2 N–H and O–H groups in total. The van der Waals surface area contributed by atoms with Gasteiger partial charge in [-0.2, -0.15) is 5.10 Å². The topological polar surface area (TPSA) is 119 Å². The van der Waals surface area contributed by atoms with E-state index in [9.17, 15) is 14.4 Å². The highest BCUT2D eigenvalue weighted by Crippen LogP contribution is 2.36. The van der Waals surface area contributed by atoms with Gasteiger partial charge in [-0.25, -0.2) is 10.2 Å². The lowest BCUT2D eigenvalue weighted by atomic mass is 10.0. The van der Waals surface area contributed by atoms with Crippen LogP contribution in [0.5, 0.6) is 5.88 Å². The third-order valence-electron chi connectivity index (χ3n) is 4.37. The first-order valence-electron chi connectivity index (χ1n) is 8.62. The summed E-state index contributed by atoms with van der Waals surface area (Å²) in [7, 11) is 2.51. The van der Waals surface area contributed by atoms with Crippen molar-refractivity contribution in [3.63, 3.8) is 0 Å². The van der Waals surface area contributed by atoms with Crippen LogP contribution in [0.15, 0.2) is 10.7 Å². The predicted octanol–water partition coefficient (Wildman–Crippen LogP) is 1.19. The number of nitrogens with one attached hydrogen (secondary N) is 2. The highest BCUT2D eigenvalue weighted by atomic mass is 16.5. The third-order valence-corrected chi connectivity index (χ3v) is 4.37. The number of aromatic amines is 1. The van der Waals surface area contributed by atoms with Crippen LogP contribution in [0, 0.1) is 5.92 Å². The van der Waals surface area contributed by atoms with Gasteiger partial charge in [0.2, 0.25) is 0 Å². The Hall–Kier alpha value is -3.10. The van der Waals surface area contributed by atoms with Crippen LogP contribution in [-0.2, 0) is 25.5 Å². The van der Waals surface area contributed by atoms with Gasteiger partial charge in [0.25, 0.3) is 5.91 Å². The fraction of sp³-hybridized carbons (Fsp3) is 0.444. The van der Waals surface area contributed by atoms with Crippen molar-refractivity contribution in [3.05, 3.63) is 22.4 Å². The number of hydrogen-bond acceptors (Lipinski definition) is 7. The summed E-state index contributed by atoms with van der Waals surface area (Å²) in [5.74, 6) is -1.01. The molecule has 1 aromatic rings. The second kappa shape index (κ2) is 7.65. The zero-order chi connectivity index (χ0) is 19.6. The van der Waals surface area contributed by atoms with Crippen molar-refractivity contribution in [2.45, 2.75) is 26.2 Å². The number of ether oxygens (including phenoxy) is 3. The highest BCUT2D eigenvalue weighted by molar-refractivity contribution is 6.28. The van der Waals surface area contributed by atoms with Crippen molar-refractivity contribution < 1.29 is 28.6 Å². The first kappa shape index (κ1) is 18.7. The van der Waals surface area contributed by atoms with E-state index in [1.807, 2.05) is 0 Å². The van der Waals surface area contributed by atoms with E-state index in [4.69, 9.17) is 14.2 Å². The first-order valence-corrected chi connectivity index (χ1v) is 8.62. The Morgan fingerprint density at radius 1 is 1.26 bits per heavy atom. The number of hydrazone groups is 1. The molecule has 1 aliphatic carbocycles. The maximum atomic E-state index is 12.4. The number of aromatic nitrogens is 1. The first-order chi connectivity index (χ1) is 13.0. The van der Waals surface area contributed by atoms with Gasteiger partial charge in [-0.15, -0.1) is 0 Å². The summed E-state index contributed by atoms with van der Waals surface area (Å²) in [6.45, 7) is 2.10. The van der Waals surface area contributed by atoms with Crippen molar-refractivity contribution in [2.24, 2.45) is 11.0 Å². The van der Waals surface area contributed by atoms with Gasteiger partial charge >= 0.3 is 11.9 Å². The summed E-state index contributed by atoms with van der Waals surface area (Å²) >= 11 is 0. The predicted molar refractivity (Wildman–Crippen MR) is 95.3 cm³/mol. The molecule has 1 aromatic heterocycles. The summed E-state index contributed by atoms with van der Waals surface area (Å²) in [5.41, 5.74) is 4.30. The molecule has 0 radical (unpaired) electrons. The molecule has 9 nitrogen and oxygen atoms in total. The highest BCUT2D eigenvalue weighted by Gasteiger charge is 2.36. The summed E-state index contributed by atoms with van der Waals surface area (Å²) in [5, 5.41) is 4.09. The Kier molecular flexibility index (Phi) is 5.29. The van der Waals surface area contributed by atoms with Gasteiger partial charge in [-0.1, -0.05) is 0 Å². The van der Waals surface area contributed by atoms with Gasteiger partial charge in [0.1, 0.15) is 0 Å². The van der Waals surface area contributed by atoms with Crippen molar-refractivity contribution in [1.29, 1.82) is 0 Å². The van der Waals surface area contributed by atoms with E-state index in [0.717, 1.165) is 12.8 Å². The molecule has 0 saturated heterocycles. The number of hydrogen-bond donors (Lipinski definition) is 2. The molecular formula is C18H21N3O6. The number of carbonyl (C=O) groups excluding carboxylic acids is 3. The van der Waals surface area contributed by atoms with Crippen molar-refractivity contribution in [2.75, 3.05) is 20.8 Å². The van der Waals surface area contributed by atoms with Crippen molar-refractivity contribution in [3.8, 4) is 5.88 Å². The normalized spacial score (nSPS) is 17.5. The van der Waals surface area contributed by atoms with E-state index in [1.54, 1.807) is 13.0 Å². The Balaban J connectivity index is 2.10. The average molecular weight is 375 g/mol. The van der Waals surface area contributed by atoms with Gasteiger partial charge in [0, 0.05) is 11.5 Å². The van der Waals surface area contributed by atoms with Crippen LogP contribution in [0.2, 0.25) is 0 Å². The third kappa shape index (κ3) is 3.71. The summed E-state index contributed by atoms with van der Waals surface area (Å²) in [6, 6.07) is 0. The Bertz CT molecular complexity index is 848. The fourth-order valence-electron chi connectivity index (χ4n) is 2.93. The van der Waals surface area contributed by atoms with E-state index in [0.29, 0.717) is 29.1 Å². The van der Waals surface area contributed by atoms with E-state index in [1.165, 1.54) is 14.2 Å². The molecular weight excluding hydrogens is 354 g/mol. The number of methoxy groups -OCH3 is 2. The number of nitrogens with zero attached hydrogens (tertiary/aromatic N) is 1. The number of H-pyrrole nitrogens is 1. The Labute approximate surface area is 155 Å². The van der Waals surface area contributed by atoms with Gasteiger partial charge in [0.05, 0.1) is 49.8 Å². The lowest BCUT2D eigenvalue weighted by molar-refractivity contribution is -0.139. The quantitative estimate of drug-likeness (QED) is 0.546. The van der Waals surface area contributed by atoms with Gasteiger partial charge in [0.15, 0.2) is 5.88 Å². The van der Waals surface area contributed by atoms with Crippen molar-refractivity contribution >= 4 is 29.6 Å². The minimum Gasteiger partial charge on any atom is -0.479 e. The molecule has 1 fully saturated rings. The fourth-order valence-corrected chi connectivity index (χ4v) is 2.93. The molecule has 1 aliphatic heterocycles. The van der Waals surface area contributed by atoms with Crippen LogP contribution in [0.25, 0.3) is 6.08 Å². The van der Waals surface area contributed by atoms with Gasteiger partial charge in [-0.05, 0) is 25.8 Å². The van der Waals surface area contributed by atoms with Gasteiger partial charge in [-0.3, -0.25) is 9.59 Å².